The van der Waals surface area contributed by atoms with Gasteiger partial charge in [0.15, 0.2) is 0 Å². The third-order valence-corrected chi connectivity index (χ3v) is 5.24. The van der Waals surface area contributed by atoms with Gasteiger partial charge in [0.2, 0.25) is 0 Å². The van der Waals surface area contributed by atoms with Crippen molar-refractivity contribution in [1.82, 2.24) is 14.4 Å². The minimum absolute atomic E-state index is 0.0386. The first-order valence-electron chi connectivity index (χ1n) is 8.68. The molecule has 1 saturated heterocycles. The molecular weight excluding hydrogens is 322 g/mol. The second-order valence-corrected chi connectivity index (χ2v) is 6.73. The third kappa shape index (κ3) is 2.50. The van der Waals surface area contributed by atoms with E-state index in [9.17, 15) is 4.79 Å². The minimum atomic E-state index is -0.333. The first kappa shape index (κ1) is 15.2. The summed E-state index contributed by atoms with van der Waals surface area (Å²) in [5.41, 5.74) is 2.99. The van der Waals surface area contributed by atoms with Crippen LogP contribution in [0.1, 0.15) is 30.2 Å². The Morgan fingerprint density at radius 3 is 3.08 bits per heavy atom. The Balaban J connectivity index is 1.55. The number of hydrogen-bond acceptors (Lipinski definition) is 6. The summed E-state index contributed by atoms with van der Waals surface area (Å²) in [6.07, 6.45) is 6.77. The average Bonchev–Trinajstić information content (AvgIpc) is 3.32. The van der Waals surface area contributed by atoms with Gasteiger partial charge in [-0.25, -0.2) is 9.97 Å². The van der Waals surface area contributed by atoms with Gasteiger partial charge in [-0.15, -0.1) is 0 Å². The number of rotatable bonds is 2. The van der Waals surface area contributed by atoms with Crippen LogP contribution in [0.4, 0.5) is 0 Å². The number of ether oxygens (including phenoxy) is 3. The van der Waals surface area contributed by atoms with Crippen LogP contribution in [0.15, 0.2) is 35.0 Å². The molecule has 0 radical (unpaired) electrons. The quantitative estimate of drug-likeness (QED) is 0.769. The number of nitrogens with zero attached hydrogens (tertiary/aromatic N) is 3. The number of hydrogen-bond donors (Lipinski definition) is 0. The summed E-state index contributed by atoms with van der Waals surface area (Å²) in [5.74, 6) is 0.385. The first-order valence-corrected chi connectivity index (χ1v) is 8.68. The van der Waals surface area contributed by atoms with Crippen molar-refractivity contribution in [2.45, 2.75) is 31.7 Å². The standard InChI is InChI=1S/C18H19N3O4/c22-18-16-13(20-15-1-4-19-10-21(15)18)9-25-17(16)11-3-6-24-14(7-11)12-2-5-23-8-12/h1,4,7,10,12,14,17H,2-3,5-6,8-9H2. The van der Waals surface area contributed by atoms with Crippen molar-refractivity contribution in [3.05, 3.63) is 51.9 Å². The molecule has 0 bridgehead atoms. The topological polar surface area (TPSA) is 75.0 Å². The van der Waals surface area contributed by atoms with E-state index in [0.717, 1.165) is 37.3 Å². The van der Waals surface area contributed by atoms with Gasteiger partial charge in [-0.05, 0) is 24.5 Å². The molecule has 3 atom stereocenters. The Morgan fingerprint density at radius 2 is 2.20 bits per heavy atom. The molecule has 0 N–H and O–H groups in total. The Morgan fingerprint density at radius 1 is 1.24 bits per heavy atom. The Hall–Kier alpha value is -2.09. The average molecular weight is 341 g/mol. The summed E-state index contributed by atoms with van der Waals surface area (Å²) < 4.78 is 18.9. The van der Waals surface area contributed by atoms with Gasteiger partial charge in [0, 0.05) is 18.7 Å². The lowest BCUT2D eigenvalue weighted by atomic mass is 9.92. The van der Waals surface area contributed by atoms with Crippen molar-refractivity contribution in [3.63, 3.8) is 0 Å². The zero-order valence-corrected chi connectivity index (χ0v) is 13.8. The van der Waals surface area contributed by atoms with E-state index < -0.39 is 0 Å². The lowest BCUT2D eigenvalue weighted by molar-refractivity contribution is 0.0196. The molecule has 3 aliphatic heterocycles. The molecule has 2 aromatic rings. The van der Waals surface area contributed by atoms with Gasteiger partial charge in [-0.3, -0.25) is 9.20 Å². The van der Waals surface area contributed by atoms with E-state index in [4.69, 9.17) is 14.2 Å². The highest BCUT2D eigenvalue weighted by Gasteiger charge is 2.35. The van der Waals surface area contributed by atoms with E-state index in [2.05, 4.69) is 16.0 Å². The normalized spacial score (nSPS) is 29.0. The van der Waals surface area contributed by atoms with Gasteiger partial charge in [-0.1, -0.05) is 6.08 Å². The maximum atomic E-state index is 12.9. The second kappa shape index (κ2) is 6.01. The summed E-state index contributed by atoms with van der Waals surface area (Å²) in [6.45, 7) is 2.54. The molecule has 0 saturated carbocycles. The Bertz CT molecular complexity index is 901. The molecule has 25 heavy (non-hydrogen) atoms. The van der Waals surface area contributed by atoms with Crippen LogP contribution in [0, 0.1) is 5.92 Å². The predicted molar refractivity (Wildman–Crippen MR) is 88.2 cm³/mol. The van der Waals surface area contributed by atoms with E-state index in [1.54, 1.807) is 12.3 Å². The fourth-order valence-electron chi connectivity index (χ4n) is 3.92. The zero-order valence-electron chi connectivity index (χ0n) is 13.8. The molecule has 0 aliphatic carbocycles. The van der Waals surface area contributed by atoms with E-state index >= 15 is 0 Å². The maximum Gasteiger partial charge on any atom is 0.265 e. The molecule has 2 aromatic heterocycles. The zero-order chi connectivity index (χ0) is 16.8. The molecule has 7 heteroatoms. The van der Waals surface area contributed by atoms with Crippen molar-refractivity contribution in [2.75, 3.05) is 19.8 Å². The van der Waals surface area contributed by atoms with Gasteiger partial charge in [0.1, 0.15) is 18.1 Å². The summed E-state index contributed by atoms with van der Waals surface area (Å²) in [7, 11) is 0. The van der Waals surface area contributed by atoms with Crippen LogP contribution < -0.4 is 5.56 Å². The molecule has 7 nitrogen and oxygen atoms in total. The Labute approximate surface area is 144 Å². The van der Waals surface area contributed by atoms with Crippen LogP contribution in [0.5, 0.6) is 0 Å². The molecule has 130 valence electrons. The highest BCUT2D eigenvalue weighted by atomic mass is 16.5. The third-order valence-electron chi connectivity index (χ3n) is 5.24. The van der Waals surface area contributed by atoms with Crippen LogP contribution in [0.3, 0.4) is 0 Å². The first-order chi connectivity index (χ1) is 12.3. The van der Waals surface area contributed by atoms with Crippen LogP contribution in [-0.2, 0) is 20.8 Å². The molecular formula is C18H19N3O4. The maximum absolute atomic E-state index is 12.9. The van der Waals surface area contributed by atoms with E-state index in [1.807, 2.05) is 0 Å². The van der Waals surface area contributed by atoms with Crippen molar-refractivity contribution in [2.24, 2.45) is 5.92 Å². The lowest BCUT2D eigenvalue weighted by Crippen LogP contribution is -2.29. The van der Waals surface area contributed by atoms with Crippen LogP contribution in [0.2, 0.25) is 0 Å². The van der Waals surface area contributed by atoms with E-state index in [-0.39, 0.29) is 17.8 Å². The summed E-state index contributed by atoms with van der Waals surface area (Å²) in [5, 5.41) is 0. The predicted octanol–water partition coefficient (Wildman–Crippen LogP) is 1.41. The van der Waals surface area contributed by atoms with Crippen molar-refractivity contribution in [1.29, 1.82) is 0 Å². The van der Waals surface area contributed by atoms with Crippen molar-refractivity contribution >= 4 is 5.65 Å². The number of aromatic nitrogens is 3. The van der Waals surface area contributed by atoms with Crippen LogP contribution in [-0.4, -0.2) is 40.3 Å². The lowest BCUT2D eigenvalue weighted by Gasteiger charge is -2.28. The van der Waals surface area contributed by atoms with E-state index in [1.165, 1.54) is 10.7 Å². The molecule has 5 rings (SSSR count). The molecule has 0 spiro atoms. The molecule has 3 aliphatic rings. The summed E-state index contributed by atoms with van der Waals surface area (Å²) in [4.78, 5) is 21.5. The fraction of sp³-hybridized carbons (Fsp3) is 0.500. The largest absolute Gasteiger partial charge is 0.381 e. The molecule has 0 amide bonds. The molecule has 5 heterocycles. The summed E-state index contributed by atoms with van der Waals surface area (Å²) >= 11 is 0. The van der Waals surface area contributed by atoms with Crippen molar-refractivity contribution < 1.29 is 14.2 Å². The Kier molecular flexibility index (Phi) is 3.65. The molecule has 1 fully saturated rings. The smallest absolute Gasteiger partial charge is 0.265 e. The molecule has 3 unspecified atom stereocenters. The van der Waals surface area contributed by atoms with Gasteiger partial charge in [0.05, 0.1) is 37.2 Å². The SMILES string of the molecule is O=c1c2c(nc3ccncn13)COC2C1=CC(C2CCOC2)OCC1. The van der Waals surface area contributed by atoms with Crippen LogP contribution >= 0.6 is 0 Å². The number of fused-ring (bicyclic) bond motifs is 2. The highest BCUT2D eigenvalue weighted by molar-refractivity contribution is 5.42. The molecule has 0 aromatic carbocycles. The fourth-order valence-corrected chi connectivity index (χ4v) is 3.92. The van der Waals surface area contributed by atoms with Gasteiger partial charge >= 0.3 is 0 Å². The van der Waals surface area contributed by atoms with Gasteiger partial charge < -0.3 is 14.2 Å². The van der Waals surface area contributed by atoms with Gasteiger partial charge in [-0.2, -0.15) is 0 Å². The minimum Gasteiger partial charge on any atom is -0.381 e. The van der Waals surface area contributed by atoms with E-state index in [0.29, 0.717) is 30.3 Å². The highest BCUT2D eigenvalue weighted by Crippen LogP contribution is 2.37. The van der Waals surface area contributed by atoms with Crippen LogP contribution in [0.25, 0.3) is 5.65 Å². The monoisotopic (exact) mass is 341 g/mol. The second-order valence-electron chi connectivity index (χ2n) is 6.73. The summed E-state index contributed by atoms with van der Waals surface area (Å²) in [6, 6.07) is 1.73. The van der Waals surface area contributed by atoms with Crippen molar-refractivity contribution in [3.8, 4) is 0 Å². The van der Waals surface area contributed by atoms with Gasteiger partial charge in [0.25, 0.3) is 5.56 Å².